The summed E-state index contributed by atoms with van der Waals surface area (Å²) in [4.78, 5) is 19.0. The summed E-state index contributed by atoms with van der Waals surface area (Å²) < 4.78 is 5.68. The molecule has 0 fully saturated rings. The Hall–Kier alpha value is -3.14. The van der Waals surface area contributed by atoms with Crippen molar-refractivity contribution in [1.82, 2.24) is 4.98 Å². The van der Waals surface area contributed by atoms with Crippen molar-refractivity contribution in [2.45, 2.75) is 12.8 Å². The SMILES string of the molecule is O=C(c1ccc(Oc2ccccc2)nc1)N1CCCc2ccccc21. The van der Waals surface area contributed by atoms with Crippen LogP contribution >= 0.6 is 0 Å². The summed E-state index contributed by atoms with van der Waals surface area (Å²) in [6, 6.07) is 21.1. The minimum atomic E-state index is -0.0223. The number of carbonyl (C=O) groups is 1. The van der Waals surface area contributed by atoms with Crippen LogP contribution in [0.4, 0.5) is 5.69 Å². The fraction of sp³-hybridized carbons (Fsp3) is 0.143. The molecule has 2 aromatic carbocycles. The zero-order chi connectivity index (χ0) is 17.1. The highest BCUT2D eigenvalue weighted by molar-refractivity contribution is 6.06. The molecule has 0 saturated carbocycles. The number of anilines is 1. The number of carbonyl (C=O) groups excluding carboxylic acids is 1. The number of ether oxygens (including phenoxy) is 1. The molecule has 4 nitrogen and oxygen atoms in total. The predicted octanol–water partition coefficient (Wildman–Crippen LogP) is 4.47. The van der Waals surface area contributed by atoms with Gasteiger partial charge in [0.05, 0.1) is 5.56 Å². The molecule has 0 bridgehead atoms. The summed E-state index contributed by atoms with van der Waals surface area (Å²) in [6.45, 7) is 0.734. The van der Waals surface area contributed by atoms with Crippen molar-refractivity contribution in [2.75, 3.05) is 11.4 Å². The Morgan fingerprint density at radius 2 is 1.76 bits per heavy atom. The van der Waals surface area contributed by atoms with Crippen LogP contribution in [0.5, 0.6) is 11.6 Å². The molecule has 124 valence electrons. The average molecular weight is 330 g/mol. The van der Waals surface area contributed by atoms with Crippen LogP contribution in [0.25, 0.3) is 0 Å². The Morgan fingerprint density at radius 3 is 2.56 bits per heavy atom. The van der Waals surface area contributed by atoms with Gasteiger partial charge in [-0.3, -0.25) is 4.79 Å². The van der Waals surface area contributed by atoms with E-state index in [-0.39, 0.29) is 5.91 Å². The molecule has 1 aromatic heterocycles. The van der Waals surface area contributed by atoms with E-state index in [4.69, 9.17) is 4.74 Å². The monoisotopic (exact) mass is 330 g/mol. The maximum Gasteiger partial charge on any atom is 0.259 e. The molecular weight excluding hydrogens is 312 g/mol. The van der Waals surface area contributed by atoms with Crippen LogP contribution in [0, 0.1) is 0 Å². The fourth-order valence-electron chi connectivity index (χ4n) is 3.08. The van der Waals surface area contributed by atoms with E-state index in [9.17, 15) is 4.79 Å². The number of amides is 1. The second kappa shape index (κ2) is 6.77. The molecule has 0 aliphatic carbocycles. The average Bonchev–Trinajstić information content (AvgIpc) is 2.68. The molecule has 1 aliphatic rings. The van der Waals surface area contributed by atoms with Crippen molar-refractivity contribution in [3.63, 3.8) is 0 Å². The Labute approximate surface area is 146 Å². The molecule has 0 saturated heterocycles. The van der Waals surface area contributed by atoms with E-state index in [1.54, 1.807) is 18.3 Å². The van der Waals surface area contributed by atoms with Crippen LogP contribution in [-0.4, -0.2) is 17.4 Å². The number of rotatable bonds is 3. The predicted molar refractivity (Wildman–Crippen MR) is 97.2 cm³/mol. The Balaban J connectivity index is 1.54. The van der Waals surface area contributed by atoms with Gasteiger partial charge < -0.3 is 9.64 Å². The Bertz CT molecular complexity index is 876. The molecule has 4 heteroatoms. The van der Waals surface area contributed by atoms with Gasteiger partial charge >= 0.3 is 0 Å². The molecule has 0 N–H and O–H groups in total. The van der Waals surface area contributed by atoms with E-state index >= 15 is 0 Å². The number of hydrogen-bond donors (Lipinski definition) is 0. The minimum Gasteiger partial charge on any atom is -0.439 e. The molecule has 1 aliphatic heterocycles. The highest BCUT2D eigenvalue weighted by Crippen LogP contribution is 2.28. The third-order valence-electron chi connectivity index (χ3n) is 4.30. The van der Waals surface area contributed by atoms with Crippen molar-refractivity contribution in [3.8, 4) is 11.6 Å². The van der Waals surface area contributed by atoms with Gasteiger partial charge in [-0.1, -0.05) is 36.4 Å². The fourth-order valence-corrected chi connectivity index (χ4v) is 3.08. The largest absolute Gasteiger partial charge is 0.439 e. The number of nitrogens with zero attached hydrogens (tertiary/aromatic N) is 2. The third-order valence-corrected chi connectivity index (χ3v) is 4.30. The Kier molecular flexibility index (Phi) is 4.17. The van der Waals surface area contributed by atoms with Gasteiger partial charge in [-0.25, -0.2) is 4.98 Å². The lowest BCUT2D eigenvalue weighted by Gasteiger charge is -2.29. The summed E-state index contributed by atoms with van der Waals surface area (Å²) in [5, 5.41) is 0. The highest BCUT2D eigenvalue weighted by Gasteiger charge is 2.23. The first-order valence-electron chi connectivity index (χ1n) is 8.40. The van der Waals surface area contributed by atoms with Gasteiger partial charge in [0.1, 0.15) is 5.75 Å². The summed E-state index contributed by atoms with van der Waals surface area (Å²) >= 11 is 0. The normalized spacial score (nSPS) is 13.2. The molecule has 0 spiro atoms. The second-order valence-electron chi connectivity index (χ2n) is 5.99. The first-order chi connectivity index (χ1) is 12.3. The topological polar surface area (TPSA) is 42.4 Å². The van der Waals surface area contributed by atoms with Crippen LogP contribution < -0.4 is 9.64 Å². The number of fused-ring (bicyclic) bond motifs is 1. The number of aryl methyl sites for hydroxylation is 1. The van der Waals surface area contributed by atoms with Crippen LogP contribution in [0.1, 0.15) is 22.3 Å². The second-order valence-corrected chi connectivity index (χ2v) is 5.99. The van der Waals surface area contributed by atoms with Crippen molar-refractivity contribution < 1.29 is 9.53 Å². The minimum absolute atomic E-state index is 0.0223. The van der Waals surface area contributed by atoms with Gasteiger partial charge in [0.25, 0.3) is 5.91 Å². The number of benzene rings is 2. The highest BCUT2D eigenvalue weighted by atomic mass is 16.5. The smallest absolute Gasteiger partial charge is 0.259 e. The van der Waals surface area contributed by atoms with Gasteiger partial charge in [0, 0.05) is 24.5 Å². The Morgan fingerprint density at radius 1 is 0.960 bits per heavy atom. The molecule has 0 unspecified atom stereocenters. The van der Waals surface area contributed by atoms with Crippen LogP contribution in [0.15, 0.2) is 72.9 Å². The number of hydrogen-bond acceptors (Lipinski definition) is 3. The van der Waals surface area contributed by atoms with E-state index in [2.05, 4.69) is 11.1 Å². The van der Waals surface area contributed by atoms with Gasteiger partial charge in [-0.05, 0) is 42.7 Å². The van der Waals surface area contributed by atoms with E-state index in [1.807, 2.05) is 53.4 Å². The van der Waals surface area contributed by atoms with E-state index < -0.39 is 0 Å². The van der Waals surface area contributed by atoms with E-state index in [1.165, 1.54) is 5.56 Å². The van der Waals surface area contributed by atoms with Gasteiger partial charge in [0.15, 0.2) is 0 Å². The van der Waals surface area contributed by atoms with Crippen molar-refractivity contribution >= 4 is 11.6 Å². The first kappa shape index (κ1) is 15.4. The maximum absolute atomic E-state index is 12.9. The lowest BCUT2D eigenvalue weighted by atomic mass is 10.0. The molecular formula is C21H18N2O2. The molecule has 4 rings (SSSR count). The van der Waals surface area contributed by atoms with E-state index in [0.717, 1.165) is 30.8 Å². The summed E-state index contributed by atoms with van der Waals surface area (Å²) in [5.74, 6) is 1.17. The van der Waals surface area contributed by atoms with Crippen LogP contribution in [-0.2, 0) is 6.42 Å². The maximum atomic E-state index is 12.9. The lowest BCUT2D eigenvalue weighted by Crippen LogP contribution is -2.35. The zero-order valence-corrected chi connectivity index (χ0v) is 13.8. The summed E-state index contributed by atoms with van der Waals surface area (Å²) in [7, 11) is 0. The standard InChI is InChI=1S/C21H18N2O2/c24-21(23-14-6-8-16-7-4-5-11-19(16)23)17-12-13-20(22-15-17)25-18-9-2-1-3-10-18/h1-5,7,9-13,15H,6,8,14H2. The van der Waals surface area contributed by atoms with Crippen molar-refractivity contribution in [3.05, 3.63) is 84.1 Å². The first-order valence-corrected chi connectivity index (χ1v) is 8.40. The van der Waals surface area contributed by atoms with Gasteiger partial charge in [0.2, 0.25) is 5.88 Å². The number of pyridine rings is 1. The zero-order valence-electron chi connectivity index (χ0n) is 13.8. The van der Waals surface area contributed by atoms with Crippen molar-refractivity contribution in [1.29, 1.82) is 0 Å². The molecule has 25 heavy (non-hydrogen) atoms. The summed E-state index contributed by atoms with van der Waals surface area (Å²) in [5.41, 5.74) is 2.79. The van der Waals surface area contributed by atoms with Crippen LogP contribution in [0.3, 0.4) is 0 Å². The molecule has 2 heterocycles. The molecule has 0 radical (unpaired) electrons. The van der Waals surface area contributed by atoms with Crippen LogP contribution in [0.2, 0.25) is 0 Å². The summed E-state index contributed by atoms with van der Waals surface area (Å²) in [6.07, 6.45) is 3.57. The molecule has 0 atom stereocenters. The van der Waals surface area contributed by atoms with Gasteiger partial charge in [-0.2, -0.15) is 0 Å². The number of para-hydroxylation sites is 2. The van der Waals surface area contributed by atoms with Gasteiger partial charge in [-0.15, -0.1) is 0 Å². The molecule has 3 aromatic rings. The van der Waals surface area contributed by atoms with Crippen molar-refractivity contribution in [2.24, 2.45) is 0 Å². The van der Waals surface area contributed by atoms with E-state index in [0.29, 0.717) is 11.4 Å². The lowest BCUT2D eigenvalue weighted by molar-refractivity contribution is 0.0984. The number of aromatic nitrogens is 1. The molecule has 1 amide bonds. The third kappa shape index (κ3) is 3.24. The quantitative estimate of drug-likeness (QED) is 0.712.